The summed E-state index contributed by atoms with van der Waals surface area (Å²) in [4.78, 5) is 15.0. The first-order chi connectivity index (χ1) is 10.7. The zero-order valence-corrected chi connectivity index (χ0v) is 14.9. The van der Waals surface area contributed by atoms with Crippen LogP contribution in [-0.4, -0.2) is 29.9 Å². The van der Waals surface area contributed by atoms with E-state index in [-0.39, 0.29) is 18.4 Å². The van der Waals surface area contributed by atoms with E-state index in [1.54, 1.807) is 0 Å². The van der Waals surface area contributed by atoms with Gasteiger partial charge in [-0.25, -0.2) is 0 Å². The number of aryl methyl sites for hydroxylation is 1. The molecule has 1 amide bonds. The number of amides is 1. The Kier molecular flexibility index (Phi) is 6.91. The van der Waals surface area contributed by atoms with Gasteiger partial charge in [-0.05, 0) is 44.7 Å². The van der Waals surface area contributed by atoms with E-state index in [1.807, 2.05) is 0 Å². The van der Waals surface area contributed by atoms with Crippen LogP contribution in [0.5, 0.6) is 0 Å². The number of hydrogen-bond donors (Lipinski definition) is 1. The molecule has 2 unspecified atom stereocenters. The molecule has 0 radical (unpaired) electrons. The Morgan fingerprint density at radius 2 is 2.09 bits per heavy atom. The molecule has 1 N–H and O–H groups in total. The fourth-order valence-electron chi connectivity index (χ4n) is 3.89. The van der Waals surface area contributed by atoms with Crippen LogP contribution in [0.1, 0.15) is 62.1 Å². The fourth-order valence-corrected chi connectivity index (χ4v) is 3.89. The first-order valence-electron chi connectivity index (χ1n) is 8.83. The average molecular weight is 337 g/mol. The number of carbonyl (C=O) groups is 1. The molecule has 0 saturated carbocycles. The Morgan fingerprint density at radius 1 is 1.22 bits per heavy atom. The van der Waals surface area contributed by atoms with Crippen molar-refractivity contribution in [2.45, 2.75) is 64.0 Å². The summed E-state index contributed by atoms with van der Waals surface area (Å²) >= 11 is 0. The van der Waals surface area contributed by atoms with Gasteiger partial charge in [0, 0.05) is 19.0 Å². The molecule has 23 heavy (non-hydrogen) atoms. The van der Waals surface area contributed by atoms with E-state index in [0.717, 1.165) is 32.4 Å². The number of carbonyl (C=O) groups excluding carboxylic acids is 1. The molecule has 0 aromatic heterocycles. The Balaban J connectivity index is 0.00000192. The maximum atomic E-state index is 12.9. The predicted octanol–water partition coefficient (Wildman–Crippen LogP) is 4.00. The quantitative estimate of drug-likeness (QED) is 0.904. The van der Waals surface area contributed by atoms with Gasteiger partial charge in [0.25, 0.3) is 0 Å². The Bertz CT molecular complexity index is 514. The van der Waals surface area contributed by atoms with E-state index in [4.69, 9.17) is 0 Å². The van der Waals surface area contributed by atoms with Crippen LogP contribution in [0.3, 0.4) is 0 Å². The number of halogens is 1. The normalized spacial score (nSPS) is 24.8. The predicted molar refractivity (Wildman–Crippen MR) is 97.0 cm³/mol. The minimum Gasteiger partial charge on any atom is -0.336 e. The molecule has 0 aliphatic carbocycles. The smallest absolute Gasteiger partial charge is 0.224 e. The van der Waals surface area contributed by atoms with E-state index >= 15 is 0 Å². The van der Waals surface area contributed by atoms with Crippen molar-refractivity contribution >= 4 is 18.3 Å². The van der Waals surface area contributed by atoms with Gasteiger partial charge >= 0.3 is 0 Å². The standard InChI is InChI=1S/C19H28N2O.ClH/c1-15-7-5-8-16(13-15)18-10-3-2-4-12-21(18)19(22)14-17-9-6-11-20-17;/h5,7-8,13,17-18,20H,2-4,6,9-12,14H2,1H3;1H. The number of nitrogens with zero attached hydrogens (tertiary/aromatic N) is 1. The van der Waals surface area contributed by atoms with Crippen molar-refractivity contribution in [2.24, 2.45) is 0 Å². The van der Waals surface area contributed by atoms with Crippen molar-refractivity contribution in [3.63, 3.8) is 0 Å². The van der Waals surface area contributed by atoms with Gasteiger partial charge in [-0.15, -0.1) is 12.4 Å². The minimum absolute atomic E-state index is 0. The summed E-state index contributed by atoms with van der Waals surface area (Å²) in [5.74, 6) is 0.341. The molecule has 2 aliphatic heterocycles. The minimum atomic E-state index is 0. The van der Waals surface area contributed by atoms with Crippen molar-refractivity contribution < 1.29 is 4.79 Å². The van der Waals surface area contributed by atoms with Gasteiger partial charge in [-0.3, -0.25) is 4.79 Å². The first kappa shape index (κ1) is 18.3. The highest BCUT2D eigenvalue weighted by molar-refractivity contribution is 5.85. The van der Waals surface area contributed by atoms with Crippen LogP contribution in [0.15, 0.2) is 24.3 Å². The lowest BCUT2D eigenvalue weighted by molar-refractivity contribution is -0.134. The zero-order chi connectivity index (χ0) is 15.4. The number of hydrogen-bond acceptors (Lipinski definition) is 2. The highest BCUT2D eigenvalue weighted by atomic mass is 35.5. The molecular weight excluding hydrogens is 308 g/mol. The van der Waals surface area contributed by atoms with Crippen LogP contribution in [0.4, 0.5) is 0 Å². The average Bonchev–Trinajstić information content (AvgIpc) is 2.88. The molecule has 1 aromatic rings. The lowest BCUT2D eigenvalue weighted by Gasteiger charge is -2.31. The third kappa shape index (κ3) is 4.71. The maximum Gasteiger partial charge on any atom is 0.224 e. The summed E-state index contributed by atoms with van der Waals surface area (Å²) in [7, 11) is 0. The third-order valence-corrected chi connectivity index (χ3v) is 5.08. The summed E-state index contributed by atoms with van der Waals surface area (Å²) in [5, 5.41) is 3.46. The summed E-state index contributed by atoms with van der Waals surface area (Å²) < 4.78 is 0. The summed E-state index contributed by atoms with van der Waals surface area (Å²) in [6.07, 6.45) is 7.74. The van der Waals surface area contributed by atoms with Crippen LogP contribution in [0.2, 0.25) is 0 Å². The van der Waals surface area contributed by atoms with E-state index < -0.39 is 0 Å². The monoisotopic (exact) mass is 336 g/mol. The molecule has 1 aromatic carbocycles. The molecule has 2 atom stereocenters. The largest absolute Gasteiger partial charge is 0.336 e. The van der Waals surface area contributed by atoms with Gasteiger partial charge < -0.3 is 10.2 Å². The van der Waals surface area contributed by atoms with Crippen LogP contribution < -0.4 is 5.32 Å². The van der Waals surface area contributed by atoms with Crippen LogP contribution >= 0.6 is 12.4 Å². The Hall–Kier alpha value is -1.06. The first-order valence-corrected chi connectivity index (χ1v) is 8.83. The molecule has 0 spiro atoms. The van der Waals surface area contributed by atoms with Gasteiger partial charge in [0.15, 0.2) is 0 Å². The van der Waals surface area contributed by atoms with Gasteiger partial charge in [0.05, 0.1) is 6.04 Å². The molecule has 128 valence electrons. The lowest BCUT2D eigenvalue weighted by atomic mass is 9.98. The molecule has 2 fully saturated rings. The van der Waals surface area contributed by atoms with E-state index in [9.17, 15) is 4.79 Å². The van der Waals surface area contributed by atoms with Crippen molar-refractivity contribution in [3.8, 4) is 0 Å². The highest BCUT2D eigenvalue weighted by Gasteiger charge is 2.29. The van der Waals surface area contributed by atoms with E-state index in [0.29, 0.717) is 18.4 Å². The second kappa shape index (κ2) is 8.70. The molecule has 2 saturated heterocycles. The molecule has 4 heteroatoms. The Labute approximate surface area is 146 Å². The summed E-state index contributed by atoms with van der Waals surface area (Å²) in [6.45, 7) is 4.12. The summed E-state index contributed by atoms with van der Waals surface area (Å²) in [6, 6.07) is 9.37. The van der Waals surface area contributed by atoms with Crippen molar-refractivity contribution in [1.82, 2.24) is 10.2 Å². The van der Waals surface area contributed by atoms with Crippen molar-refractivity contribution in [1.29, 1.82) is 0 Å². The lowest BCUT2D eigenvalue weighted by Crippen LogP contribution is -2.38. The van der Waals surface area contributed by atoms with Crippen molar-refractivity contribution in [3.05, 3.63) is 35.4 Å². The van der Waals surface area contributed by atoms with Crippen LogP contribution in [0.25, 0.3) is 0 Å². The number of nitrogens with one attached hydrogen (secondary N) is 1. The number of benzene rings is 1. The molecule has 0 bridgehead atoms. The number of likely N-dealkylation sites (tertiary alicyclic amines) is 1. The molecule has 3 rings (SSSR count). The SMILES string of the molecule is Cc1cccc(C2CCCCCN2C(=O)CC2CCCN2)c1.Cl. The molecule has 3 nitrogen and oxygen atoms in total. The highest BCUT2D eigenvalue weighted by Crippen LogP contribution is 2.31. The maximum absolute atomic E-state index is 12.9. The molecule has 2 aliphatic rings. The second-order valence-corrected chi connectivity index (χ2v) is 6.86. The van der Waals surface area contributed by atoms with Crippen LogP contribution in [-0.2, 0) is 4.79 Å². The van der Waals surface area contributed by atoms with Crippen LogP contribution in [0, 0.1) is 6.92 Å². The number of rotatable bonds is 3. The second-order valence-electron chi connectivity index (χ2n) is 6.86. The molecular formula is C19H29ClN2O. The van der Waals surface area contributed by atoms with Crippen molar-refractivity contribution in [2.75, 3.05) is 13.1 Å². The molecule has 2 heterocycles. The van der Waals surface area contributed by atoms with Gasteiger partial charge in [-0.1, -0.05) is 42.7 Å². The van der Waals surface area contributed by atoms with E-state index in [1.165, 1.54) is 30.4 Å². The topological polar surface area (TPSA) is 32.3 Å². The zero-order valence-electron chi connectivity index (χ0n) is 14.1. The van der Waals surface area contributed by atoms with E-state index in [2.05, 4.69) is 41.4 Å². The van der Waals surface area contributed by atoms with Gasteiger partial charge in [-0.2, -0.15) is 0 Å². The summed E-state index contributed by atoms with van der Waals surface area (Å²) in [5.41, 5.74) is 2.60. The fraction of sp³-hybridized carbons (Fsp3) is 0.632. The third-order valence-electron chi connectivity index (χ3n) is 5.08. The Morgan fingerprint density at radius 3 is 2.83 bits per heavy atom. The van der Waals surface area contributed by atoms with Gasteiger partial charge in [0.2, 0.25) is 5.91 Å². The van der Waals surface area contributed by atoms with Gasteiger partial charge in [0.1, 0.15) is 0 Å².